The average Bonchev–Trinajstić information content (AvgIpc) is 3.31. The predicted molar refractivity (Wildman–Crippen MR) is 91.6 cm³/mol. The Hall–Kier alpha value is -2.33. The SMILES string of the molecule is COC(=O)C1(c2ccc(CNc3ccc4c(c3)COC4)cc2)CC1. The molecule has 1 N–H and O–H groups in total. The zero-order valence-corrected chi connectivity index (χ0v) is 13.8. The lowest BCUT2D eigenvalue weighted by Gasteiger charge is -2.14. The fourth-order valence-electron chi connectivity index (χ4n) is 3.36. The van der Waals surface area contributed by atoms with E-state index < -0.39 is 0 Å². The lowest BCUT2D eigenvalue weighted by Crippen LogP contribution is -2.21. The Balaban J connectivity index is 1.42. The molecule has 1 aliphatic heterocycles. The molecule has 0 aromatic heterocycles. The number of hydrogen-bond donors (Lipinski definition) is 1. The first kappa shape index (κ1) is 15.2. The number of benzene rings is 2. The molecule has 1 heterocycles. The number of rotatable bonds is 5. The maximum atomic E-state index is 11.9. The highest BCUT2D eigenvalue weighted by atomic mass is 16.5. The number of hydrogen-bond acceptors (Lipinski definition) is 4. The van der Waals surface area contributed by atoms with Crippen LogP contribution in [0.4, 0.5) is 5.69 Å². The van der Waals surface area contributed by atoms with E-state index in [-0.39, 0.29) is 11.4 Å². The van der Waals surface area contributed by atoms with Crippen molar-refractivity contribution < 1.29 is 14.3 Å². The van der Waals surface area contributed by atoms with Crippen LogP contribution in [-0.4, -0.2) is 13.1 Å². The molecule has 2 aliphatic rings. The molecule has 4 nitrogen and oxygen atoms in total. The fourth-order valence-corrected chi connectivity index (χ4v) is 3.36. The molecule has 2 aromatic rings. The Morgan fingerprint density at radius 3 is 2.58 bits per heavy atom. The van der Waals surface area contributed by atoms with Crippen molar-refractivity contribution in [1.82, 2.24) is 0 Å². The lowest BCUT2D eigenvalue weighted by atomic mass is 9.95. The molecule has 0 radical (unpaired) electrons. The first-order valence-electron chi connectivity index (χ1n) is 8.32. The van der Waals surface area contributed by atoms with Crippen LogP contribution in [0.5, 0.6) is 0 Å². The lowest BCUT2D eigenvalue weighted by molar-refractivity contribution is -0.143. The minimum atomic E-state index is -0.388. The molecule has 24 heavy (non-hydrogen) atoms. The summed E-state index contributed by atoms with van der Waals surface area (Å²) < 4.78 is 10.4. The normalized spacial score (nSPS) is 17.2. The van der Waals surface area contributed by atoms with E-state index in [1.807, 2.05) is 0 Å². The third-order valence-corrected chi connectivity index (χ3v) is 5.05. The molecule has 124 valence electrons. The molecule has 0 spiro atoms. The van der Waals surface area contributed by atoms with Gasteiger partial charge in [-0.05, 0) is 47.2 Å². The highest BCUT2D eigenvalue weighted by Gasteiger charge is 2.52. The second kappa shape index (κ2) is 5.95. The Morgan fingerprint density at radius 2 is 1.88 bits per heavy atom. The van der Waals surface area contributed by atoms with Crippen LogP contribution >= 0.6 is 0 Å². The molecule has 0 saturated heterocycles. The van der Waals surface area contributed by atoms with Crippen LogP contribution in [0.3, 0.4) is 0 Å². The molecule has 4 heteroatoms. The summed E-state index contributed by atoms with van der Waals surface area (Å²) in [7, 11) is 1.46. The molecule has 1 saturated carbocycles. The Labute approximate surface area is 141 Å². The van der Waals surface area contributed by atoms with Crippen molar-refractivity contribution in [2.75, 3.05) is 12.4 Å². The molecular weight excluding hydrogens is 302 g/mol. The number of carbonyl (C=O) groups excluding carboxylic acids is 1. The van der Waals surface area contributed by atoms with E-state index in [0.29, 0.717) is 6.61 Å². The summed E-state index contributed by atoms with van der Waals surface area (Å²) >= 11 is 0. The molecule has 0 bridgehead atoms. The highest BCUT2D eigenvalue weighted by Crippen LogP contribution is 2.49. The molecular formula is C20H21NO3. The van der Waals surface area contributed by atoms with Gasteiger partial charge in [-0.3, -0.25) is 4.79 Å². The van der Waals surface area contributed by atoms with Crippen LogP contribution in [0.1, 0.15) is 35.1 Å². The van der Waals surface area contributed by atoms with Gasteiger partial charge < -0.3 is 14.8 Å². The second-order valence-electron chi connectivity index (χ2n) is 6.60. The maximum Gasteiger partial charge on any atom is 0.316 e. The summed E-state index contributed by atoms with van der Waals surface area (Å²) in [4.78, 5) is 11.9. The van der Waals surface area contributed by atoms with Crippen LogP contribution in [0.2, 0.25) is 0 Å². The van der Waals surface area contributed by atoms with Crippen LogP contribution in [0.25, 0.3) is 0 Å². The quantitative estimate of drug-likeness (QED) is 0.855. The molecule has 2 aromatic carbocycles. The highest BCUT2D eigenvalue weighted by molar-refractivity contribution is 5.86. The van der Waals surface area contributed by atoms with Crippen molar-refractivity contribution in [3.63, 3.8) is 0 Å². The van der Waals surface area contributed by atoms with Crippen molar-refractivity contribution in [2.45, 2.75) is 38.0 Å². The van der Waals surface area contributed by atoms with E-state index in [1.54, 1.807) is 0 Å². The first-order valence-corrected chi connectivity index (χ1v) is 8.32. The van der Waals surface area contributed by atoms with Gasteiger partial charge in [0, 0.05) is 12.2 Å². The third-order valence-electron chi connectivity index (χ3n) is 5.05. The van der Waals surface area contributed by atoms with Gasteiger partial charge in [0.1, 0.15) is 0 Å². The monoisotopic (exact) mass is 323 g/mol. The first-order chi connectivity index (χ1) is 11.7. The van der Waals surface area contributed by atoms with Gasteiger partial charge >= 0.3 is 5.97 Å². The van der Waals surface area contributed by atoms with Crippen molar-refractivity contribution in [3.8, 4) is 0 Å². The largest absolute Gasteiger partial charge is 0.468 e. The van der Waals surface area contributed by atoms with Gasteiger partial charge in [0.05, 0.1) is 25.7 Å². The molecule has 1 aliphatic carbocycles. The smallest absolute Gasteiger partial charge is 0.316 e. The van der Waals surface area contributed by atoms with Gasteiger partial charge in [0.15, 0.2) is 0 Å². The number of anilines is 1. The number of fused-ring (bicyclic) bond motifs is 1. The summed E-state index contributed by atoms with van der Waals surface area (Å²) in [6.07, 6.45) is 1.77. The van der Waals surface area contributed by atoms with Crippen molar-refractivity contribution in [3.05, 3.63) is 64.7 Å². The van der Waals surface area contributed by atoms with E-state index in [4.69, 9.17) is 9.47 Å². The minimum Gasteiger partial charge on any atom is -0.468 e. The van der Waals surface area contributed by atoms with Crippen molar-refractivity contribution in [1.29, 1.82) is 0 Å². The third kappa shape index (κ3) is 2.67. The summed E-state index contributed by atoms with van der Waals surface area (Å²) in [5.74, 6) is -0.117. The summed E-state index contributed by atoms with van der Waals surface area (Å²) in [5.41, 5.74) is 5.52. The molecule has 0 atom stereocenters. The van der Waals surface area contributed by atoms with E-state index in [2.05, 4.69) is 47.8 Å². The van der Waals surface area contributed by atoms with Crippen LogP contribution in [0, 0.1) is 0 Å². The molecule has 1 fully saturated rings. The number of ether oxygens (including phenoxy) is 2. The number of esters is 1. The molecule has 4 rings (SSSR count). The average molecular weight is 323 g/mol. The topological polar surface area (TPSA) is 47.6 Å². The standard InChI is InChI=1S/C20H21NO3/c1-23-19(22)20(8-9-20)17-5-2-14(3-6-17)11-21-18-7-4-15-12-24-13-16(15)10-18/h2-7,10,21H,8-9,11-13H2,1H3. The van der Waals surface area contributed by atoms with E-state index >= 15 is 0 Å². The predicted octanol–water partition coefficient (Wildman–Crippen LogP) is 3.53. The second-order valence-corrected chi connectivity index (χ2v) is 6.60. The Kier molecular flexibility index (Phi) is 3.77. The zero-order valence-electron chi connectivity index (χ0n) is 13.8. The maximum absolute atomic E-state index is 11.9. The van der Waals surface area contributed by atoms with Crippen molar-refractivity contribution in [2.24, 2.45) is 0 Å². The zero-order chi connectivity index (χ0) is 16.6. The summed E-state index contributed by atoms with van der Waals surface area (Å²) in [5, 5.41) is 3.45. The van der Waals surface area contributed by atoms with E-state index in [1.165, 1.54) is 23.8 Å². The minimum absolute atomic E-state index is 0.117. The number of carbonyl (C=O) groups is 1. The summed E-state index contributed by atoms with van der Waals surface area (Å²) in [6.45, 7) is 2.18. The van der Waals surface area contributed by atoms with Crippen LogP contribution < -0.4 is 5.32 Å². The van der Waals surface area contributed by atoms with Gasteiger partial charge in [0.2, 0.25) is 0 Å². The Bertz CT molecular complexity index is 763. The Morgan fingerprint density at radius 1 is 1.12 bits per heavy atom. The summed E-state index contributed by atoms with van der Waals surface area (Å²) in [6, 6.07) is 14.7. The molecule has 0 amide bonds. The van der Waals surface area contributed by atoms with Gasteiger partial charge in [-0.25, -0.2) is 0 Å². The van der Waals surface area contributed by atoms with Crippen LogP contribution in [0.15, 0.2) is 42.5 Å². The fraction of sp³-hybridized carbons (Fsp3) is 0.350. The number of methoxy groups -OCH3 is 1. The van der Waals surface area contributed by atoms with Crippen LogP contribution in [-0.2, 0) is 39.4 Å². The number of nitrogens with one attached hydrogen (secondary N) is 1. The van der Waals surface area contributed by atoms with E-state index in [0.717, 1.165) is 37.2 Å². The van der Waals surface area contributed by atoms with Gasteiger partial charge in [0.25, 0.3) is 0 Å². The van der Waals surface area contributed by atoms with Crippen molar-refractivity contribution >= 4 is 11.7 Å². The molecule has 0 unspecified atom stereocenters. The van der Waals surface area contributed by atoms with Gasteiger partial charge in [-0.2, -0.15) is 0 Å². The van der Waals surface area contributed by atoms with Gasteiger partial charge in [-0.1, -0.05) is 30.3 Å². The van der Waals surface area contributed by atoms with E-state index in [9.17, 15) is 4.79 Å². The van der Waals surface area contributed by atoms with Gasteiger partial charge in [-0.15, -0.1) is 0 Å².